The van der Waals surface area contributed by atoms with Crippen LogP contribution >= 0.6 is 11.3 Å². The zero-order valence-electron chi connectivity index (χ0n) is 18.8. The number of carbonyl (C=O) groups is 1. The summed E-state index contributed by atoms with van der Waals surface area (Å²) in [6, 6.07) is 7.84. The van der Waals surface area contributed by atoms with Crippen LogP contribution in [0.5, 0.6) is 5.75 Å². The van der Waals surface area contributed by atoms with E-state index < -0.39 is 17.6 Å². The van der Waals surface area contributed by atoms with E-state index in [1.165, 1.54) is 16.9 Å². The summed E-state index contributed by atoms with van der Waals surface area (Å²) in [4.78, 5) is 33.4. The van der Waals surface area contributed by atoms with Gasteiger partial charge in [0.1, 0.15) is 5.75 Å². The maximum atomic E-state index is 12.8. The van der Waals surface area contributed by atoms with Crippen LogP contribution in [0.25, 0.3) is 32.2 Å². The summed E-state index contributed by atoms with van der Waals surface area (Å²) in [5.74, 6) is -0.0665. The number of fused-ring (bicyclic) bond motifs is 1. The molecule has 2 aromatic carbocycles. The second-order valence-electron chi connectivity index (χ2n) is 9.13. The van der Waals surface area contributed by atoms with Crippen molar-refractivity contribution in [3.63, 3.8) is 0 Å². The van der Waals surface area contributed by atoms with Gasteiger partial charge in [0.2, 0.25) is 0 Å². The predicted octanol–water partition coefficient (Wildman–Crippen LogP) is 5.90. The minimum Gasteiger partial charge on any atom is -0.493 e. The van der Waals surface area contributed by atoms with Gasteiger partial charge in [-0.05, 0) is 63.1 Å². The van der Waals surface area contributed by atoms with E-state index in [4.69, 9.17) is 14.5 Å². The fraction of sp³-hybridized carbons (Fsp3) is 0.320. The van der Waals surface area contributed by atoms with Gasteiger partial charge in [0.15, 0.2) is 6.10 Å². The first-order chi connectivity index (χ1) is 15.8. The van der Waals surface area contributed by atoms with Crippen molar-refractivity contribution in [1.82, 2.24) is 9.97 Å². The third-order valence-corrected chi connectivity index (χ3v) is 6.62. The highest BCUT2D eigenvalue weighted by atomic mass is 32.1. The minimum absolute atomic E-state index is 0.616. The SMILES string of the molecule is Cc1cc2ncsc2c(-c2ccc3c4c(ccnc24)CCO3)c1[C@H](OC(C)(C)C)C(=O)N=O. The molecular weight excluding hydrogens is 438 g/mol. The van der Waals surface area contributed by atoms with Gasteiger partial charge in [-0.15, -0.1) is 16.2 Å². The predicted molar refractivity (Wildman–Crippen MR) is 129 cm³/mol. The molecular formula is C25H23N3O4S. The number of benzene rings is 2. The molecule has 0 saturated carbocycles. The van der Waals surface area contributed by atoms with Crippen LogP contribution in [0.2, 0.25) is 0 Å². The number of hydrogen-bond acceptors (Lipinski definition) is 7. The Morgan fingerprint density at radius 2 is 2.06 bits per heavy atom. The zero-order valence-corrected chi connectivity index (χ0v) is 19.7. The fourth-order valence-electron chi connectivity index (χ4n) is 4.49. The number of amides is 1. The lowest BCUT2D eigenvalue weighted by Crippen LogP contribution is -2.27. The summed E-state index contributed by atoms with van der Waals surface area (Å²) < 4.78 is 12.9. The van der Waals surface area contributed by atoms with Gasteiger partial charge in [-0.1, -0.05) is 0 Å². The summed E-state index contributed by atoms with van der Waals surface area (Å²) in [7, 11) is 0. The number of rotatable bonds is 4. The van der Waals surface area contributed by atoms with Gasteiger partial charge >= 0.3 is 5.91 Å². The van der Waals surface area contributed by atoms with Gasteiger partial charge in [0, 0.05) is 39.9 Å². The van der Waals surface area contributed by atoms with Gasteiger partial charge < -0.3 is 9.47 Å². The van der Waals surface area contributed by atoms with Crippen molar-refractivity contribution < 1.29 is 14.3 Å². The van der Waals surface area contributed by atoms with E-state index in [0.717, 1.165) is 50.0 Å². The number of nitrogens with zero attached hydrogens (tertiary/aromatic N) is 3. The highest BCUT2D eigenvalue weighted by Gasteiger charge is 2.33. The average Bonchev–Trinajstić information content (AvgIpc) is 3.24. The van der Waals surface area contributed by atoms with Crippen molar-refractivity contribution in [3.8, 4) is 16.9 Å². The van der Waals surface area contributed by atoms with E-state index in [1.807, 2.05) is 52.0 Å². The van der Waals surface area contributed by atoms with Gasteiger partial charge in [-0.2, -0.15) is 0 Å². The van der Waals surface area contributed by atoms with Crippen LogP contribution in [0.15, 0.2) is 41.1 Å². The number of aryl methyl sites for hydroxylation is 1. The Morgan fingerprint density at radius 3 is 2.82 bits per heavy atom. The summed E-state index contributed by atoms with van der Waals surface area (Å²) in [6.07, 6.45) is 1.46. The first kappa shape index (κ1) is 21.6. The van der Waals surface area contributed by atoms with E-state index in [0.29, 0.717) is 12.2 Å². The molecule has 0 N–H and O–H groups in total. The van der Waals surface area contributed by atoms with Crippen molar-refractivity contribution in [3.05, 3.63) is 57.6 Å². The molecule has 1 aliphatic heterocycles. The standard InChI is InChI=1S/C25H23N3O4S/c1-13-11-16-23(33-12-27-16)20(18(13)22(24(29)28-30)32-25(2,3)4)15-5-6-17-19-14(8-10-31-17)7-9-26-21(15)19/h5-7,9,11-12,22H,8,10H2,1-4H3/t22-/m0/s1. The second-order valence-corrected chi connectivity index (χ2v) is 9.98. The van der Waals surface area contributed by atoms with Crippen molar-refractivity contribution in [2.24, 2.45) is 5.18 Å². The highest BCUT2D eigenvalue weighted by Crippen LogP contribution is 2.46. The largest absolute Gasteiger partial charge is 0.493 e. The molecule has 7 nitrogen and oxygen atoms in total. The topological polar surface area (TPSA) is 90.7 Å². The van der Waals surface area contributed by atoms with Crippen LogP contribution in [0.4, 0.5) is 0 Å². The number of thiazole rings is 1. The summed E-state index contributed by atoms with van der Waals surface area (Å²) in [5, 5.41) is 3.72. The molecule has 0 fully saturated rings. The van der Waals surface area contributed by atoms with Crippen molar-refractivity contribution in [2.75, 3.05) is 6.61 Å². The molecule has 33 heavy (non-hydrogen) atoms. The van der Waals surface area contributed by atoms with E-state index >= 15 is 0 Å². The van der Waals surface area contributed by atoms with Crippen molar-refractivity contribution in [1.29, 1.82) is 0 Å². The maximum absolute atomic E-state index is 12.8. The van der Waals surface area contributed by atoms with Gasteiger partial charge in [-0.3, -0.25) is 9.78 Å². The molecule has 8 heteroatoms. The Labute approximate surface area is 194 Å². The van der Waals surface area contributed by atoms with Gasteiger partial charge in [-0.25, -0.2) is 4.98 Å². The Balaban J connectivity index is 1.88. The Hall–Kier alpha value is -3.23. The molecule has 0 spiro atoms. The normalized spacial score (nSPS) is 14.3. The summed E-state index contributed by atoms with van der Waals surface area (Å²) in [5.41, 5.74) is 6.92. The third-order valence-electron chi connectivity index (χ3n) is 5.76. The molecule has 0 aliphatic carbocycles. The average molecular weight is 462 g/mol. The fourth-order valence-corrected chi connectivity index (χ4v) is 5.33. The molecule has 168 valence electrons. The van der Waals surface area contributed by atoms with Crippen LogP contribution in [0, 0.1) is 11.8 Å². The molecule has 1 atom stereocenters. The zero-order chi connectivity index (χ0) is 23.3. The molecule has 0 bridgehead atoms. The summed E-state index contributed by atoms with van der Waals surface area (Å²) >= 11 is 1.48. The molecule has 0 radical (unpaired) electrons. The maximum Gasteiger partial charge on any atom is 0.319 e. The van der Waals surface area contributed by atoms with E-state index in [2.05, 4.69) is 10.2 Å². The quantitative estimate of drug-likeness (QED) is 0.351. The van der Waals surface area contributed by atoms with E-state index in [9.17, 15) is 9.70 Å². The first-order valence-corrected chi connectivity index (χ1v) is 11.6. The second kappa shape index (κ2) is 7.97. The van der Waals surface area contributed by atoms with E-state index in [1.54, 1.807) is 11.7 Å². The third kappa shape index (κ3) is 3.69. The Kier molecular flexibility index (Phi) is 5.22. The first-order valence-electron chi connectivity index (χ1n) is 10.7. The lowest BCUT2D eigenvalue weighted by Gasteiger charge is -2.28. The smallest absolute Gasteiger partial charge is 0.319 e. The monoisotopic (exact) mass is 461 g/mol. The molecule has 2 aromatic heterocycles. The number of pyridine rings is 1. The van der Waals surface area contributed by atoms with Crippen molar-refractivity contribution >= 4 is 38.4 Å². The Bertz CT molecular complexity index is 1410. The highest BCUT2D eigenvalue weighted by molar-refractivity contribution is 7.17. The van der Waals surface area contributed by atoms with Crippen LogP contribution in [-0.4, -0.2) is 28.1 Å². The van der Waals surface area contributed by atoms with Gasteiger partial charge in [0.05, 0.1) is 33.5 Å². The number of aromatic nitrogens is 2. The van der Waals surface area contributed by atoms with E-state index in [-0.39, 0.29) is 0 Å². The summed E-state index contributed by atoms with van der Waals surface area (Å²) in [6.45, 7) is 8.07. The van der Waals surface area contributed by atoms with Crippen LogP contribution in [-0.2, 0) is 16.0 Å². The van der Waals surface area contributed by atoms with Crippen LogP contribution in [0.3, 0.4) is 0 Å². The molecule has 3 heterocycles. The number of nitroso groups, excluding NO2 is 1. The molecule has 1 amide bonds. The number of ether oxygens (including phenoxy) is 2. The van der Waals surface area contributed by atoms with Crippen LogP contribution < -0.4 is 4.74 Å². The lowest BCUT2D eigenvalue weighted by atomic mass is 9.88. The number of carbonyl (C=O) groups excluding carboxylic acids is 1. The molecule has 1 aliphatic rings. The van der Waals surface area contributed by atoms with Crippen LogP contribution in [0.1, 0.15) is 43.6 Å². The number of hydrogen-bond donors (Lipinski definition) is 0. The minimum atomic E-state index is -1.15. The Morgan fingerprint density at radius 1 is 1.24 bits per heavy atom. The molecule has 0 unspecified atom stereocenters. The molecule has 4 aromatic rings. The molecule has 0 saturated heterocycles. The van der Waals surface area contributed by atoms with Gasteiger partial charge in [0.25, 0.3) is 0 Å². The van der Waals surface area contributed by atoms with Crippen molar-refractivity contribution in [2.45, 2.75) is 45.8 Å². The lowest BCUT2D eigenvalue weighted by molar-refractivity contribution is -0.139. The molecule has 5 rings (SSSR count).